The summed E-state index contributed by atoms with van der Waals surface area (Å²) < 4.78 is 2.70. The summed E-state index contributed by atoms with van der Waals surface area (Å²) in [5.74, 6) is 0. The highest BCUT2D eigenvalue weighted by molar-refractivity contribution is 7.26. The molecule has 3 aromatic carbocycles. The Balaban J connectivity index is 2.34. The molecule has 0 bridgehead atoms. The van der Waals surface area contributed by atoms with E-state index in [1.807, 2.05) is 11.3 Å². The molecule has 4 rings (SSSR count). The van der Waals surface area contributed by atoms with Crippen LogP contribution < -0.4 is 5.73 Å². The standard InChI is InChI=1S/C17H13NS/c18-10-12-9-11-5-1-2-6-13(11)17-16(12)14-7-3-4-8-15(14)19-17/h1-9H,10,18H2. The summed E-state index contributed by atoms with van der Waals surface area (Å²) in [6.45, 7) is 0.585. The first-order chi connectivity index (χ1) is 9.38. The van der Waals surface area contributed by atoms with Gasteiger partial charge in [0.25, 0.3) is 0 Å². The Hall–Kier alpha value is -1.90. The van der Waals surface area contributed by atoms with Crippen LogP contribution >= 0.6 is 11.3 Å². The molecule has 2 heteroatoms. The number of benzene rings is 3. The minimum absolute atomic E-state index is 0.585. The van der Waals surface area contributed by atoms with Crippen molar-refractivity contribution in [1.82, 2.24) is 0 Å². The van der Waals surface area contributed by atoms with E-state index in [-0.39, 0.29) is 0 Å². The molecule has 0 atom stereocenters. The van der Waals surface area contributed by atoms with Gasteiger partial charge in [0.1, 0.15) is 0 Å². The largest absolute Gasteiger partial charge is 0.326 e. The van der Waals surface area contributed by atoms with Gasteiger partial charge in [-0.1, -0.05) is 42.5 Å². The van der Waals surface area contributed by atoms with E-state index in [0.29, 0.717) is 6.54 Å². The molecule has 0 aliphatic rings. The van der Waals surface area contributed by atoms with Crippen LogP contribution in [0, 0.1) is 0 Å². The minimum Gasteiger partial charge on any atom is -0.326 e. The Kier molecular flexibility index (Phi) is 2.34. The fourth-order valence-corrected chi connectivity index (χ4v) is 4.09. The van der Waals surface area contributed by atoms with Crippen molar-refractivity contribution in [2.45, 2.75) is 6.54 Å². The van der Waals surface area contributed by atoms with Crippen LogP contribution in [0.25, 0.3) is 30.9 Å². The predicted molar refractivity (Wildman–Crippen MR) is 84.7 cm³/mol. The van der Waals surface area contributed by atoms with Crippen LogP contribution in [-0.4, -0.2) is 0 Å². The lowest BCUT2D eigenvalue weighted by atomic mass is 10.0. The second-order valence-electron chi connectivity index (χ2n) is 4.76. The second-order valence-corrected chi connectivity index (χ2v) is 5.82. The van der Waals surface area contributed by atoms with E-state index >= 15 is 0 Å². The van der Waals surface area contributed by atoms with Gasteiger partial charge in [-0.25, -0.2) is 0 Å². The molecule has 0 aliphatic heterocycles. The number of fused-ring (bicyclic) bond motifs is 5. The molecule has 0 amide bonds. The van der Waals surface area contributed by atoms with Gasteiger partial charge in [-0.05, 0) is 28.5 Å². The van der Waals surface area contributed by atoms with Gasteiger partial charge >= 0.3 is 0 Å². The number of nitrogens with two attached hydrogens (primary N) is 1. The Labute approximate surface area is 115 Å². The number of rotatable bonds is 1. The minimum atomic E-state index is 0.585. The van der Waals surface area contributed by atoms with E-state index in [2.05, 4.69) is 54.6 Å². The highest BCUT2D eigenvalue weighted by Gasteiger charge is 2.11. The van der Waals surface area contributed by atoms with Gasteiger partial charge < -0.3 is 5.73 Å². The molecule has 0 saturated heterocycles. The molecule has 1 nitrogen and oxygen atoms in total. The Bertz CT molecular complexity index is 905. The third-order valence-corrected chi connectivity index (χ3v) is 4.88. The summed E-state index contributed by atoms with van der Waals surface area (Å²) in [5, 5.41) is 5.27. The molecule has 92 valence electrons. The molecule has 1 heterocycles. The van der Waals surface area contributed by atoms with Crippen molar-refractivity contribution in [2.24, 2.45) is 5.73 Å². The molecule has 0 fully saturated rings. The third-order valence-electron chi connectivity index (χ3n) is 3.67. The molecule has 0 spiro atoms. The fourth-order valence-electron chi connectivity index (χ4n) is 2.80. The topological polar surface area (TPSA) is 26.0 Å². The van der Waals surface area contributed by atoms with E-state index in [1.165, 1.54) is 36.5 Å². The molecule has 0 saturated carbocycles. The summed E-state index contributed by atoms with van der Waals surface area (Å²) in [4.78, 5) is 0. The smallest absolute Gasteiger partial charge is 0.0437 e. The first-order valence-corrected chi connectivity index (χ1v) is 7.22. The van der Waals surface area contributed by atoms with Crippen molar-refractivity contribution in [3.8, 4) is 0 Å². The highest BCUT2D eigenvalue weighted by Crippen LogP contribution is 2.40. The normalized spacial score (nSPS) is 11.6. The zero-order valence-corrected chi connectivity index (χ0v) is 11.2. The van der Waals surface area contributed by atoms with Crippen LogP contribution in [0.4, 0.5) is 0 Å². The number of hydrogen-bond donors (Lipinski definition) is 1. The first kappa shape index (κ1) is 11.0. The van der Waals surface area contributed by atoms with Gasteiger partial charge in [0.05, 0.1) is 0 Å². The van der Waals surface area contributed by atoms with Crippen molar-refractivity contribution >= 4 is 42.3 Å². The summed E-state index contributed by atoms with van der Waals surface area (Å²) >= 11 is 1.87. The Morgan fingerprint density at radius 2 is 1.63 bits per heavy atom. The molecular weight excluding hydrogens is 250 g/mol. The number of thiophene rings is 1. The van der Waals surface area contributed by atoms with E-state index in [0.717, 1.165) is 0 Å². The van der Waals surface area contributed by atoms with Crippen molar-refractivity contribution in [3.63, 3.8) is 0 Å². The summed E-state index contributed by atoms with van der Waals surface area (Å²) in [6, 6.07) is 19.4. The molecule has 2 N–H and O–H groups in total. The monoisotopic (exact) mass is 263 g/mol. The molecular formula is C17H13NS. The van der Waals surface area contributed by atoms with Crippen LogP contribution in [0.15, 0.2) is 54.6 Å². The van der Waals surface area contributed by atoms with Crippen molar-refractivity contribution in [2.75, 3.05) is 0 Å². The quantitative estimate of drug-likeness (QED) is 0.531. The van der Waals surface area contributed by atoms with Crippen molar-refractivity contribution < 1.29 is 0 Å². The molecule has 0 radical (unpaired) electrons. The van der Waals surface area contributed by atoms with Crippen molar-refractivity contribution in [1.29, 1.82) is 0 Å². The maximum absolute atomic E-state index is 5.96. The molecule has 0 aliphatic carbocycles. The molecule has 4 aromatic rings. The van der Waals surface area contributed by atoms with Crippen LogP contribution in [-0.2, 0) is 6.54 Å². The predicted octanol–water partition coefficient (Wildman–Crippen LogP) is 4.67. The highest BCUT2D eigenvalue weighted by atomic mass is 32.1. The van der Waals surface area contributed by atoms with Gasteiger partial charge in [-0.15, -0.1) is 11.3 Å². The Morgan fingerprint density at radius 3 is 2.47 bits per heavy atom. The van der Waals surface area contributed by atoms with E-state index < -0.39 is 0 Å². The van der Waals surface area contributed by atoms with E-state index in [9.17, 15) is 0 Å². The molecule has 19 heavy (non-hydrogen) atoms. The lowest BCUT2D eigenvalue weighted by molar-refractivity contribution is 1.09. The SMILES string of the molecule is NCc1cc2ccccc2c2sc3ccccc3c12. The lowest BCUT2D eigenvalue weighted by Crippen LogP contribution is -1.96. The van der Waals surface area contributed by atoms with Gasteiger partial charge in [0.2, 0.25) is 0 Å². The van der Waals surface area contributed by atoms with Gasteiger partial charge in [0, 0.05) is 26.7 Å². The summed E-state index contributed by atoms with van der Waals surface area (Å²) in [7, 11) is 0. The van der Waals surface area contributed by atoms with E-state index in [4.69, 9.17) is 5.73 Å². The van der Waals surface area contributed by atoms with Crippen molar-refractivity contribution in [3.05, 3.63) is 60.2 Å². The maximum atomic E-state index is 5.96. The lowest BCUT2D eigenvalue weighted by Gasteiger charge is -2.05. The molecule has 0 unspecified atom stereocenters. The zero-order chi connectivity index (χ0) is 12.8. The van der Waals surface area contributed by atoms with E-state index in [1.54, 1.807) is 0 Å². The fraction of sp³-hybridized carbons (Fsp3) is 0.0588. The summed E-state index contributed by atoms with van der Waals surface area (Å²) in [5.41, 5.74) is 7.20. The molecule has 1 aromatic heterocycles. The first-order valence-electron chi connectivity index (χ1n) is 6.40. The van der Waals surface area contributed by atoms with Crippen LogP contribution in [0.5, 0.6) is 0 Å². The van der Waals surface area contributed by atoms with Gasteiger partial charge in [-0.2, -0.15) is 0 Å². The third kappa shape index (κ3) is 1.51. The number of hydrogen-bond acceptors (Lipinski definition) is 2. The van der Waals surface area contributed by atoms with Gasteiger partial charge in [0.15, 0.2) is 0 Å². The maximum Gasteiger partial charge on any atom is 0.0437 e. The average molecular weight is 263 g/mol. The summed E-state index contributed by atoms with van der Waals surface area (Å²) in [6.07, 6.45) is 0. The van der Waals surface area contributed by atoms with Crippen LogP contribution in [0.1, 0.15) is 5.56 Å². The Morgan fingerprint density at radius 1 is 0.895 bits per heavy atom. The second kappa shape index (κ2) is 4.05. The zero-order valence-electron chi connectivity index (χ0n) is 10.4. The van der Waals surface area contributed by atoms with Gasteiger partial charge in [-0.3, -0.25) is 0 Å². The average Bonchev–Trinajstić information content (AvgIpc) is 2.86. The van der Waals surface area contributed by atoms with Crippen LogP contribution in [0.2, 0.25) is 0 Å². The van der Waals surface area contributed by atoms with Crippen LogP contribution in [0.3, 0.4) is 0 Å².